The summed E-state index contributed by atoms with van der Waals surface area (Å²) in [5.41, 5.74) is 2.87. The molecular formula is C24H31N3O4. The largest absolute Gasteiger partial charge is 0.497 e. The third kappa shape index (κ3) is 5.76. The van der Waals surface area contributed by atoms with E-state index in [9.17, 15) is 9.59 Å². The van der Waals surface area contributed by atoms with Crippen molar-refractivity contribution in [1.29, 1.82) is 0 Å². The molecule has 1 saturated heterocycles. The number of hydrogen-bond acceptors (Lipinski definition) is 5. The number of nitrogens with zero attached hydrogens (tertiary/aromatic N) is 1. The number of para-hydroxylation sites is 1. The van der Waals surface area contributed by atoms with Crippen LogP contribution >= 0.6 is 0 Å². The summed E-state index contributed by atoms with van der Waals surface area (Å²) in [4.78, 5) is 27.0. The molecule has 0 radical (unpaired) electrons. The maximum atomic E-state index is 12.5. The number of carbonyl (C=O) groups excluding carboxylic acids is 2. The fourth-order valence-electron chi connectivity index (χ4n) is 4.03. The van der Waals surface area contributed by atoms with Crippen LogP contribution in [-0.2, 0) is 16.0 Å². The maximum Gasteiger partial charge on any atom is 0.243 e. The highest BCUT2D eigenvalue weighted by Gasteiger charge is 2.30. The minimum Gasteiger partial charge on any atom is -0.497 e. The maximum absolute atomic E-state index is 12.5. The predicted molar refractivity (Wildman–Crippen MR) is 121 cm³/mol. The second kappa shape index (κ2) is 10.8. The lowest BCUT2D eigenvalue weighted by Gasteiger charge is -2.26. The Morgan fingerprint density at radius 2 is 1.90 bits per heavy atom. The molecule has 0 bridgehead atoms. The van der Waals surface area contributed by atoms with Crippen molar-refractivity contribution in [3.63, 3.8) is 0 Å². The van der Waals surface area contributed by atoms with Gasteiger partial charge in [-0.3, -0.25) is 14.5 Å². The number of nitrogens with one attached hydrogen (secondary N) is 2. The van der Waals surface area contributed by atoms with E-state index < -0.39 is 0 Å². The lowest BCUT2D eigenvalue weighted by molar-refractivity contribution is -0.125. The Morgan fingerprint density at radius 1 is 1.10 bits per heavy atom. The van der Waals surface area contributed by atoms with Crippen LogP contribution in [0.2, 0.25) is 0 Å². The third-order valence-corrected chi connectivity index (χ3v) is 5.62. The number of rotatable bonds is 9. The second-order valence-electron chi connectivity index (χ2n) is 7.57. The fraction of sp³-hybridized carbons (Fsp3) is 0.417. The standard InChI is InChI=1S/C24H31N3O4/c1-4-17-8-5-6-9-20(17)26-23(28)15-25-24(29)16-27-13-7-10-21(27)19-14-18(30-2)11-12-22(19)31-3/h5-6,8-9,11-12,14,21H,4,7,10,13,15-16H2,1-3H3,(H,25,29)(H,26,28)/t21-/m1/s1. The van der Waals surface area contributed by atoms with Crippen LogP contribution in [-0.4, -0.2) is 50.6 Å². The van der Waals surface area contributed by atoms with Gasteiger partial charge in [-0.2, -0.15) is 0 Å². The number of carbonyl (C=O) groups is 2. The summed E-state index contributed by atoms with van der Waals surface area (Å²) in [6.45, 7) is 3.02. The van der Waals surface area contributed by atoms with E-state index >= 15 is 0 Å². The lowest BCUT2D eigenvalue weighted by Crippen LogP contribution is -2.40. The number of aryl methyl sites for hydroxylation is 1. The fourth-order valence-corrected chi connectivity index (χ4v) is 4.03. The van der Waals surface area contributed by atoms with Crippen LogP contribution in [0.1, 0.15) is 36.9 Å². The molecule has 0 aromatic heterocycles. The van der Waals surface area contributed by atoms with Crippen molar-refractivity contribution in [3.8, 4) is 11.5 Å². The number of anilines is 1. The van der Waals surface area contributed by atoms with Gasteiger partial charge >= 0.3 is 0 Å². The van der Waals surface area contributed by atoms with Crippen LogP contribution < -0.4 is 20.1 Å². The van der Waals surface area contributed by atoms with Crippen LogP contribution in [0.25, 0.3) is 0 Å². The van der Waals surface area contributed by atoms with Crippen LogP contribution in [0.5, 0.6) is 11.5 Å². The molecule has 1 heterocycles. The Hall–Kier alpha value is -3.06. The Balaban J connectivity index is 1.57. The lowest BCUT2D eigenvalue weighted by atomic mass is 10.0. The number of hydrogen-bond donors (Lipinski definition) is 2. The molecule has 2 aromatic rings. The van der Waals surface area contributed by atoms with Crippen molar-refractivity contribution in [2.24, 2.45) is 0 Å². The molecule has 1 fully saturated rings. The van der Waals surface area contributed by atoms with Gasteiger partial charge in [-0.25, -0.2) is 0 Å². The predicted octanol–water partition coefficient (Wildman–Crippen LogP) is 3.16. The van der Waals surface area contributed by atoms with E-state index in [0.29, 0.717) is 0 Å². The minimum absolute atomic E-state index is 0.0577. The SMILES string of the molecule is CCc1ccccc1NC(=O)CNC(=O)CN1CCC[C@@H]1c1cc(OC)ccc1OC. The third-order valence-electron chi connectivity index (χ3n) is 5.62. The van der Waals surface area contributed by atoms with E-state index in [1.165, 1.54) is 0 Å². The van der Waals surface area contributed by atoms with Gasteiger partial charge in [-0.15, -0.1) is 0 Å². The van der Waals surface area contributed by atoms with Gasteiger partial charge in [0.25, 0.3) is 0 Å². The van der Waals surface area contributed by atoms with Gasteiger partial charge in [0.15, 0.2) is 0 Å². The van der Waals surface area contributed by atoms with Gasteiger partial charge < -0.3 is 20.1 Å². The van der Waals surface area contributed by atoms with E-state index in [4.69, 9.17) is 9.47 Å². The first-order chi connectivity index (χ1) is 15.0. The van der Waals surface area contributed by atoms with Crippen molar-refractivity contribution in [2.45, 2.75) is 32.2 Å². The first-order valence-electron chi connectivity index (χ1n) is 10.7. The number of ether oxygens (including phenoxy) is 2. The molecule has 31 heavy (non-hydrogen) atoms. The summed E-state index contributed by atoms with van der Waals surface area (Å²) < 4.78 is 10.9. The molecule has 1 atom stereocenters. The Kier molecular flexibility index (Phi) is 7.89. The van der Waals surface area contributed by atoms with Gasteiger partial charge in [0.1, 0.15) is 11.5 Å². The van der Waals surface area contributed by atoms with Gasteiger partial charge in [-0.1, -0.05) is 25.1 Å². The normalized spacial score (nSPS) is 16.0. The molecule has 3 rings (SSSR count). The first-order valence-corrected chi connectivity index (χ1v) is 10.7. The summed E-state index contributed by atoms with van der Waals surface area (Å²) >= 11 is 0. The Bertz CT molecular complexity index is 915. The van der Waals surface area contributed by atoms with Gasteiger partial charge in [0.05, 0.1) is 27.3 Å². The second-order valence-corrected chi connectivity index (χ2v) is 7.57. The number of amides is 2. The Labute approximate surface area is 183 Å². The molecule has 0 aliphatic carbocycles. The zero-order chi connectivity index (χ0) is 22.2. The van der Waals surface area contributed by atoms with E-state index in [1.807, 2.05) is 49.4 Å². The molecular weight excluding hydrogens is 394 g/mol. The van der Waals surface area contributed by atoms with Crippen molar-refractivity contribution in [2.75, 3.05) is 39.2 Å². The molecule has 7 heteroatoms. The Morgan fingerprint density at radius 3 is 2.65 bits per heavy atom. The van der Waals surface area contributed by atoms with Crippen molar-refractivity contribution in [1.82, 2.24) is 10.2 Å². The van der Waals surface area contributed by atoms with E-state index in [2.05, 4.69) is 15.5 Å². The molecule has 7 nitrogen and oxygen atoms in total. The van der Waals surface area contributed by atoms with E-state index in [-0.39, 0.29) is 30.9 Å². The van der Waals surface area contributed by atoms with Crippen LogP contribution in [0.4, 0.5) is 5.69 Å². The van der Waals surface area contributed by atoms with E-state index in [1.54, 1.807) is 14.2 Å². The molecule has 2 aromatic carbocycles. The van der Waals surface area contributed by atoms with Gasteiger partial charge in [-0.05, 0) is 55.6 Å². The summed E-state index contributed by atoms with van der Waals surface area (Å²) in [6, 6.07) is 13.5. The first kappa shape index (κ1) is 22.6. The van der Waals surface area contributed by atoms with Gasteiger partial charge in [0, 0.05) is 17.3 Å². The topological polar surface area (TPSA) is 79.9 Å². The summed E-state index contributed by atoms with van der Waals surface area (Å²) in [7, 11) is 3.28. The van der Waals surface area contributed by atoms with Gasteiger partial charge in [0.2, 0.25) is 11.8 Å². The summed E-state index contributed by atoms with van der Waals surface area (Å²) in [5.74, 6) is 1.14. The van der Waals surface area contributed by atoms with Crippen molar-refractivity contribution in [3.05, 3.63) is 53.6 Å². The van der Waals surface area contributed by atoms with Crippen LogP contribution in [0.3, 0.4) is 0 Å². The monoisotopic (exact) mass is 425 g/mol. The van der Waals surface area contributed by atoms with Crippen molar-refractivity contribution >= 4 is 17.5 Å². The quantitative estimate of drug-likeness (QED) is 0.645. The van der Waals surface area contributed by atoms with Crippen molar-refractivity contribution < 1.29 is 19.1 Å². The molecule has 166 valence electrons. The average Bonchev–Trinajstić information content (AvgIpc) is 3.25. The molecule has 0 spiro atoms. The zero-order valence-electron chi connectivity index (χ0n) is 18.4. The highest BCUT2D eigenvalue weighted by Crippen LogP contribution is 2.38. The number of likely N-dealkylation sites (tertiary alicyclic amines) is 1. The molecule has 1 aliphatic heterocycles. The summed E-state index contributed by atoms with van der Waals surface area (Å²) in [6.07, 6.45) is 2.75. The highest BCUT2D eigenvalue weighted by molar-refractivity contribution is 5.95. The molecule has 1 aliphatic rings. The zero-order valence-corrected chi connectivity index (χ0v) is 18.4. The van der Waals surface area contributed by atoms with Crippen LogP contribution in [0, 0.1) is 0 Å². The number of methoxy groups -OCH3 is 2. The van der Waals surface area contributed by atoms with E-state index in [0.717, 1.165) is 54.1 Å². The smallest absolute Gasteiger partial charge is 0.243 e. The molecule has 0 saturated carbocycles. The number of benzene rings is 2. The molecule has 2 N–H and O–H groups in total. The highest BCUT2D eigenvalue weighted by atomic mass is 16.5. The molecule has 2 amide bonds. The van der Waals surface area contributed by atoms with Crippen LogP contribution in [0.15, 0.2) is 42.5 Å². The minimum atomic E-state index is -0.235. The average molecular weight is 426 g/mol. The molecule has 0 unspecified atom stereocenters. The summed E-state index contributed by atoms with van der Waals surface area (Å²) in [5, 5.41) is 5.62.